The van der Waals surface area contributed by atoms with Gasteiger partial charge in [0, 0.05) is 109 Å². The standard InChI is InChI=1S/C30H34N2O2.C29H28N2O2.C28H26N2O2/c1-2-3-10-19-34-30(33)31-24-20-27-25(22-11-6-4-7-12-22)15-17-32-18-16-26(28(21-24)29(27)32)23-13-8-5-9-14-23;1-2-3-18-33-29(32)30-23-19-26-24(21-10-6-4-7-11-21)14-16-31-17-15-25(27(20-23)28(26)31)22-12-8-5-9-13-22;1-2-17-32-28(31)29-22-18-25-23(20-9-5-3-6-10-20)13-15-30-16-14-24(26(19-22)27(25)30)21-11-7-4-8-12-21/h4-9,11-14,20-21,25-26H,2-3,10,15-19H2,1H3,(H,31,33);4-13,19-20,24-25H,14-18H2,1H3,(H,30,32);1,3-12,18-19,23-24H,13-17H2,(H,29,31). The number of anilines is 6. The van der Waals surface area contributed by atoms with E-state index in [-0.39, 0.29) is 19.3 Å². The van der Waals surface area contributed by atoms with Gasteiger partial charge in [-0.3, -0.25) is 16.0 Å². The predicted octanol–water partition coefficient (Wildman–Crippen LogP) is 19.2. The summed E-state index contributed by atoms with van der Waals surface area (Å²) in [6.45, 7) is 10.7. The molecule has 0 bridgehead atoms. The van der Waals surface area contributed by atoms with Crippen LogP contribution in [-0.2, 0) is 14.2 Å². The van der Waals surface area contributed by atoms with E-state index in [4.69, 9.17) is 20.6 Å². The Morgan fingerprint density at radius 2 is 0.636 bits per heavy atom. The van der Waals surface area contributed by atoms with Crippen molar-refractivity contribution in [2.75, 3.05) is 89.7 Å². The molecule has 3 amide bonds. The lowest BCUT2D eigenvalue weighted by Crippen LogP contribution is -2.37. The molecule has 99 heavy (non-hydrogen) atoms. The topological polar surface area (TPSA) is 125 Å². The number of carbonyl (C=O) groups excluding carboxylic acids is 3. The average Bonchev–Trinajstić information content (AvgIpc) is 0.759. The molecule has 0 fully saturated rings. The molecule has 0 aliphatic carbocycles. The van der Waals surface area contributed by atoms with Gasteiger partial charge in [-0.15, -0.1) is 12.3 Å². The summed E-state index contributed by atoms with van der Waals surface area (Å²) in [5.41, 5.74) is 22.1. The van der Waals surface area contributed by atoms with Crippen LogP contribution in [0.4, 0.5) is 48.5 Å². The van der Waals surface area contributed by atoms with Gasteiger partial charge >= 0.3 is 18.3 Å². The maximum Gasteiger partial charge on any atom is 0.412 e. The van der Waals surface area contributed by atoms with Gasteiger partial charge in [-0.2, -0.15) is 0 Å². The molecule has 6 atom stereocenters. The van der Waals surface area contributed by atoms with Gasteiger partial charge in [0.25, 0.3) is 0 Å². The Bertz CT molecular complexity index is 4130. The zero-order valence-electron chi connectivity index (χ0n) is 56.8. The largest absolute Gasteiger partial charge is 0.449 e. The van der Waals surface area contributed by atoms with Crippen molar-refractivity contribution in [2.24, 2.45) is 0 Å². The fourth-order valence-electron chi connectivity index (χ4n) is 16.0. The summed E-state index contributed by atoms with van der Waals surface area (Å²) < 4.78 is 15.8. The zero-order chi connectivity index (χ0) is 67.9. The lowest BCUT2D eigenvalue weighted by molar-refractivity contribution is 0.159. The number of nitrogens with one attached hydrogen (secondary N) is 3. The summed E-state index contributed by atoms with van der Waals surface area (Å²) >= 11 is 0. The van der Waals surface area contributed by atoms with Crippen LogP contribution in [0.3, 0.4) is 0 Å². The second kappa shape index (κ2) is 32.1. The zero-order valence-corrected chi connectivity index (χ0v) is 56.8. The molecule has 12 heteroatoms. The molecule has 6 aliphatic heterocycles. The molecule has 0 saturated heterocycles. The number of nitrogens with zero attached hydrogens (tertiary/aromatic N) is 3. The number of hydrogen-bond donors (Lipinski definition) is 3. The Balaban J connectivity index is 0.000000133. The van der Waals surface area contributed by atoms with Crippen molar-refractivity contribution in [3.8, 4) is 24.2 Å². The molecule has 502 valence electrons. The summed E-state index contributed by atoms with van der Waals surface area (Å²) in [6, 6.07) is 77.1. The SMILES string of the molecule is C#CCOC(=O)Nc1cc2c3c(c1)C(c1ccccc1)CCN3CCC2c1ccccc1.CC#CCOC(=O)Nc1cc2c3c(c1)C(c1ccccc1)CCN3CCC2c1ccccc1.CCCCCOC(=O)Nc1cc2c3c(c1)C(c1ccccc1)CCN3CCC2c1ccccc1. The Hall–Kier alpha value is -10.7. The molecule has 9 aromatic rings. The highest BCUT2D eigenvalue weighted by molar-refractivity contribution is 5.89. The van der Waals surface area contributed by atoms with Gasteiger partial charge in [0.1, 0.15) is 0 Å². The Morgan fingerprint density at radius 1 is 0.384 bits per heavy atom. The van der Waals surface area contributed by atoms with Crippen molar-refractivity contribution in [3.63, 3.8) is 0 Å². The van der Waals surface area contributed by atoms with E-state index in [9.17, 15) is 14.4 Å². The van der Waals surface area contributed by atoms with Crippen molar-refractivity contribution in [1.29, 1.82) is 0 Å². The van der Waals surface area contributed by atoms with E-state index >= 15 is 0 Å². The lowest BCUT2D eigenvalue weighted by atomic mass is 9.76. The van der Waals surface area contributed by atoms with Crippen LogP contribution < -0.4 is 30.7 Å². The van der Waals surface area contributed by atoms with Crippen LogP contribution >= 0.6 is 0 Å². The Morgan fingerprint density at radius 3 is 0.879 bits per heavy atom. The fraction of sp³-hybridized carbons (Fsp3) is 0.299. The maximum atomic E-state index is 12.6. The minimum atomic E-state index is -0.522. The first kappa shape index (κ1) is 66.9. The van der Waals surface area contributed by atoms with E-state index in [1.807, 2.05) is 0 Å². The third-order valence-electron chi connectivity index (χ3n) is 20.5. The van der Waals surface area contributed by atoms with E-state index in [0.29, 0.717) is 42.1 Å². The fourth-order valence-corrected chi connectivity index (χ4v) is 16.0. The molecule has 0 saturated carbocycles. The van der Waals surface area contributed by atoms with Crippen LogP contribution in [0, 0.1) is 24.2 Å². The van der Waals surface area contributed by atoms with Gasteiger partial charge in [0.15, 0.2) is 13.2 Å². The average molecular weight is 1310 g/mol. The second-order valence-electron chi connectivity index (χ2n) is 26.5. The van der Waals surface area contributed by atoms with Gasteiger partial charge in [-0.1, -0.05) is 214 Å². The molecular weight excluding hydrogens is 1220 g/mol. The lowest BCUT2D eigenvalue weighted by Gasteiger charge is -2.43. The highest BCUT2D eigenvalue weighted by Gasteiger charge is 2.39. The normalized spacial score (nSPS) is 18.7. The molecule has 6 unspecified atom stereocenters. The van der Waals surface area contributed by atoms with Crippen molar-refractivity contribution >= 4 is 52.4 Å². The minimum Gasteiger partial charge on any atom is -0.449 e. The van der Waals surface area contributed by atoms with E-state index in [0.717, 1.165) is 114 Å². The van der Waals surface area contributed by atoms with Gasteiger partial charge in [0.2, 0.25) is 0 Å². The van der Waals surface area contributed by atoms with Crippen molar-refractivity contribution < 1.29 is 28.6 Å². The highest BCUT2D eigenvalue weighted by Crippen LogP contribution is 2.53. The van der Waals surface area contributed by atoms with Crippen LogP contribution in [0.15, 0.2) is 218 Å². The summed E-state index contributed by atoms with van der Waals surface area (Å²) in [5.74, 6) is 9.68. The summed E-state index contributed by atoms with van der Waals surface area (Å²) in [4.78, 5) is 44.9. The summed E-state index contributed by atoms with van der Waals surface area (Å²) in [6.07, 6.45) is 13.4. The maximum absolute atomic E-state index is 12.6. The van der Waals surface area contributed by atoms with E-state index in [2.05, 4.69) is 274 Å². The quantitative estimate of drug-likeness (QED) is 0.0523. The molecule has 0 radical (unpaired) electrons. The number of carbonyl (C=O) groups is 3. The van der Waals surface area contributed by atoms with Crippen molar-refractivity contribution in [1.82, 2.24) is 0 Å². The van der Waals surface area contributed by atoms with Crippen LogP contribution in [0.2, 0.25) is 0 Å². The first-order valence-corrected chi connectivity index (χ1v) is 35.5. The number of rotatable bonds is 15. The van der Waals surface area contributed by atoms with Crippen LogP contribution in [-0.4, -0.2) is 77.4 Å². The number of terminal acetylenes is 1. The van der Waals surface area contributed by atoms with E-state index < -0.39 is 12.2 Å². The molecular formula is C87H88N6O6. The first-order chi connectivity index (χ1) is 48.7. The number of amides is 3. The predicted molar refractivity (Wildman–Crippen MR) is 400 cm³/mol. The Labute approximate surface area is 584 Å². The number of hydrogen-bond acceptors (Lipinski definition) is 9. The molecule has 3 N–H and O–H groups in total. The molecule has 6 heterocycles. The van der Waals surface area contributed by atoms with Crippen LogP contribution in [0.5, 0.6) is 0 Å². The van der Waals surface area contributed by atoms with Gasteiger partial charge in [-0.05, 0) is 155 Å². The summed E-state index contributed by atoms with van der Waals surface area (Å²) in [7, 11) is 0. The molecule has 15 rings (SSSR count). The van der Waals surface area contributed by atoms with E-state index in [1.165, 1.54) is 83.8 Å². The first-order valence-electron chi connectivity index (χ1n) is 35.5. The molecule has 12 nitrogen and oxygen atoms in total. The highest BCUT2D eigenvalue weighted by atomic mass is 16.6. The van der Waals surface area contributed by atoms with Crippen molar-refractivity contribution in [2.45, 2.75) is 107 Å². The number of benzene rings is 9. The molecule has 9 aromatic carbocycles. The number of unbranched alkanes of at least 4 members (excludes halogenated alkanes) is 2. The third kappa shape index (κ3) is 15.5. The minimum absolute atomic E-state index is 0.0450. The smallest absolute Gasteiger partial charge is 0.412 e. The second-order valence-corrected chi connectivity index (χ2v) is 26.5. The molecule has 6 aliphatic rings. The van der Waals surface area contributed by atoms with Crippen LogP contribution in [0.1, 0.15) is 174 Å². The third-order valence-corrected chi connectivity index (χ3v) is 20.5. The molecule has 0 aromatic heterocycles. The van der Waals surface area contributed by atoms with Gasteiger partial charge < -0.3 is 28.9 Å². The Kier molecular flexibility index (Phi) is 21.7. The van der Waals surface area contributed by atoms with Crippen LogP contribution in [0.25, 0.3) is 0 Å². The monoisotopic (exact) mass is 1310 g/mol. The van der Waals surface area contributed by atoms with Gasteiger partial charge in [-0.25, -0.2) is 14.4 Å². The summed E-state index contributed by atoms with van der Waals surface area (Å²) in [5, 5.41) is 8.92. The van der Waals surface area contributed by atoms with Crippen molar-refractivity contribution in [3.05, 3.63) is 285 Å². The number of ether oxygens (including phenoxy) is 3. The molecule has 0 spiro atoms. The van der Waals surface area contributed by atoms with Gasteiger partial charge in [0.05, 0.1) is 6.61 Å². The van der Waals surface area contributed by atoms with E-state index in [1.54, 1.807) is 6.92 Å².